The zero-order chi connectivity index (χ0) is 21.2. The van der Waals surface area contributed by atoms with Crippen molar-refractivity contribution in [2.75, 3.05) is 12.3 Å². The highest BCUT2D eigenvalue weighted by molar-refractivity contribution is 7.92. The van der Waals surface area contributed by atoms with Crippen LogP contribution in [-0.4, -0.2) is 41.3 Å². The van der Waals surface area contributed by atoms with Crippen molar-refractivity contribution in [3.8, 4) is 0 Å². The number of hydrogen-bond donors (Lipinski definition) is 0. The second kappa shape index (κ2) is 8.67. The largest absolute Gasteiger partial charge is 0.337 e. The van der Waals surface area contributed by atoms with Gasteiger partial charge in [-0.25, -0.2) is 8.42 Å². The monoisotopic (exact) mass is 446 g/mol. The summed E-state index contributed by atoms with van der Waals surface area (Å²) in [6.07, 6.45) is 7.41. The molecular formula is C23H27ClN2O3S. The normalized spacial score (nSPS) is 26.5. The number of nitrogens with zero attached hydrogens (tertiary/aromatic N) is 2. The lowest BCUT2D eigenvalue weighted by molar-refractivity contribution is -0.132. The van der Waals surface area contributed by atoms with Crippen molar-refractivity contribution in [3.63, 3.8) is 0 Å². The van der Waals surface area contributed by atoms with E-state index in [4.69, 9.17) is 11.6 Å². The van der Waals surface area contributed by atoms with Gasteiger partial charge in [0.05, 0.1) is 10.5 Å². The lowest BCUT2D eigenvalue weighted by Gasteiger charge is -2.42. The summed E-state index contributed by atoms with van der Waals surface area (Å²) < 4.78 is 26.2. The zero-order valence-corrected chi connectivity index (χ0v) is 18.5. The van der Waals surface area contributed by atoms with Crippen molar-refractivity contribution in [2.24, 2.45) is 5.92 Å². The molecule has 2 aliphatic rings. The SMILES string of the molecule is O=C1CC2(CCCCC2Cc2ccc(Cl)cc2)S(=O)(=O)CCN1Cc1cccnc1. The number of carbonyl (C=O) groups is 1. The van der Waals surface area contributed by atoms with E-state index in [1.807, 2.05) is 36.4 Å². The average Bonchev–Trinajstić information content (AvgIpc) is 2.82. The second-order valence-corrected chi connectivity index (χ2v) is 11.4. The van der Waals surface area contributed by atoms with Gasteiger partial charge in [0.2, 0.25) is 5.91 Å². The van der Waals surface area contributed by atoms with Gasteiger partial charge in [-0.15, -0.1) is 0 Å². The third kappa shape index (κ3) is 4.26. The molecule has 2 atom stereocenters. The molecule has 1 aliphatic heterocycles. The van der Waals surface area contributed by atoms with Gasteiger partial charge in [-0.3, -0.25) is 9.78 Å². The minimum absolute atomic E-state index is 0.0239. The maximum atomic E-state index is 13.6. The summed E-state index contributed by atoms with van der Waals surface area (Å²) in [5.41, 5.74) is 1.99. The first-order chi connectivity index (χ1) is 14.4. The van der Waals surface area contributed by atoms with Crippen LogP contribution in [0.4, 0.5) is 0 Å². The number of sulfone groups is 1. The van der Waals surface area contributed by atoms with E-state index >= 15 is 0 Å². The van der Waals surface area contributed by atoms with Crippen LogP contribution in [-0.2, 0) is 27.6 Å². The van der Waals surface area contributed by atoms with Gasteiger partial charge in [0, 0.05) is 36.9 Å². The second-order valence-electron chi connectivity index (χ2n) is 8.51. The summed E-state index contributed by atoms with van der Waals surface area (Å²) in [4.78, 5) is 19.0. The number of amides is 1. The molecule has 2 unspecified atom stereocenters. The Morgan fingerprint density at radius 1 is 1.13 bits per heavy atom. The van der Waals surface area contributed by atoms with Crippen molar-refractivity contribution in [1.29, 1.82) is 0 Å². The molecule has 7 heteroatoms. The van der Waals surface area contributed by atoms with Gasteiger partial charge in [-0.05, 0) is 54.5 Å². The minimum Gasteiger partial charge on any atom is -0.337 e. The van der Waals surface area contributed by atoms with E-state index in [0.717, 1.165) is 30.4 Å². The molecule has 0 bridgehead atoms. The number of hydrogen-bond acceptors (Lipinski definition) is 4. The van der Waals surface area contributed by atoms with Crippen LogP contribution >= 0.6 is 11.6 Å². The van der Waals surface area contributed by atoms with Crippen LogP contribution in [0.2, 0.25) is 5.02 Å². The molecule has 2 fully saturated rings. The molecule has 1 amide bonds. The summed E-state index contributed by atoms with van der Waals surface area (Å²) in [6, 6.07) is 11.4. The van der Waals surface area contributed by atoms with Crippen LogP contribution in [0.1, 0.15) is 43.2 Å². The van der Waals surface area contributed by atoms with Crippen LogP contribution in [0.25, 0.3) is 0 Å². The van der Waals surface area contributed by atoms with Gasteiger partial charge in [-0.1, -0.05) is 42.6 Å². The predicted octanol–water partition coefficient (Wildman–Crippen LogP) is 4.05. The summed E-state index contributed by atoms with van der Waals surface area (Å²) in [5, 5.41) is 0.667. The first-order valence-corrected chi connectivity index (χ1v) is 12.6. The summed E-state index contributed by atoms with van der Waals surface area (Å²) >= 11 is 6.01. The van der Waals surface area contributed by atoms with Crippen molar-refractivity contribution < 1.29 is 13.2 Å². The molecule has 30 heavy (non-hydrogen) atoms. The molecule has 1 aromatic heterocycles. The zero-order valence-electron chi connectivity index (χ0n) is 17.0. The standard InChI is InChI=1S/C23H27ClN2O3S/c24-21-8-6-18(7-9-21)14-20-5-1-2-10-23(20)15-22(27)26(12-13-30(23,28)29)17-19-4-3-11-25-16-19/h3-4,6-9,11,16,20H,1-2,5,10,12-15,17H2. The Labute approximate surface area is 183 Å². The molecule has 2 heterocycles. The number of rotatable bonds is 4. The van der Waals surface area contributed by atoms with Crippen LogP contribution < -0.4 is 0 Å². The van der Waals surface area contributed by atoms with E-state index in [2.05, 4.69) is 4.98 Å². The molecule has 5 nitrogen and oxygen atoms in total. The molecule has 4 rings (SSSR count). The summed E-state index contributed by atoms with van der Waals surface area (Å²) in [7, 11) is -3.42. The van der Waals surface area contributed by atoms with Gasteiger partial charge in [0.15, 0.2) is 9.84 Å². The highest BCUT2D eigenvalue weighted by Crippen LogP contribution is 2.46. The fourth-order valence-electron chi connectivity index (χ4n) is 5.03. The molecule has 1 aromatic carbocycles. The fraction of sp³-hybridized carbons (Fsp3) is 0.478. The Morgan fingerprint density at radius 2 is 1.93 bits per heavy atom. The molecule has 0 radical (unpaired) electrons. The maximum absolute atomic E-state index is 13.6. The Morgan fingerprint density at radius 3 is 2.67 bits per heavy atom. The smallest absolute Gasteiger partial charge is 0.224 e. The highest BCUT2D eigenvalue weighted by atomic mass is 35.5. The summed E-state index contributed by atoms with van der Waals surface area (Å²) in [6.45, 7) is 0.644. The topological polar surface area (TPSA) is 67.3 Å². The van der Waals surface area contributed by atoms with E-state index in [1.54, 1.807) is 17.3 Å². The molecule has 1 aliphatic carbocycles. The quantitative estimate of drug-likeness (QED) is 0.710. The molecule has 1 saturated carbocycles. The van der Waals surface area contributed by atoms with Gasteiger partial charge in [0.25, 0.3) is 0 Å². The van der Waals surface area contributed by atoms with Crippen molar-refractivity contribution in [1.82, 2.24) is 9.88 Å². The maximum Gasteiger partial charge on any atom is 0.224 e. The molecule has 1 saturated heterocycles. The van der Waals surface area contributed by atoms with E-state index in [0.29, 0.717) is 24.4 Å². The molecule has 0 N–H and O–H groups in total. The first kappa shape index (κ1) is 21.3. The minimum atomic E-state index is -3.42. The van der Waals surface area contributed by atoms with Crippen LogP contribution in [0, 0.1) is 5.92 Å². The van der Waals surface area contributed by atoms with Gasteiger partial charge in [0.1, 0.15) is 0 Å². The van der Waals surface area contributed by atoms with Crippen LogP contribution in [0.15, 0.2) is 48.8 Å². The Balaban J connectivity index is 1.62. The number of halogens is 1. The van der Waals surface area contributed by atoms with Crippen molar-refractivity contribution in [2.45, 2.75) is 49.8 Å². The molecular weight excluding hydrogens is 420 g/mol. The number of benzene rings is 1. The fourth-order valence-corrected chi connectivity index (χ4v) is 7.53. The lowest BCUT2D eigenvalue weighted by Crippen LogP contribution is -2.50. The predicted molar refractivity (Wildman–Crippen MR) is 118 cm³/mol. The number of pyridine rings is 1. The molecule has 160 valence electrons. The summed E-state index contributed by atoms with van der Waals surface area (Å²) in [5.74, 6) is -0.0986. The molecule has 2 aromatic rings. The highest BCUT2D eigenvalue weighted by Gasteiger charge is 2.53. The Bertz CT molecular complexity index is 995. The third-order valence-electron chi connectivity index (χ3n) is 6.69. The van der Waals surface area contributed by atoms with Crippen LogP contribution in [0.5, 0.6) is 0 Å². The average molecular weight is 447 g/mol. The Kier molecular flexibility index (Phi) is 6.16. The van der Waals surface area contributed by atoms with E-state index < -0.39 is 14.6 Å². The van der Waals surface area contributed by atoms with E-state index in [1.165, 1.54) is 0 Å². The number of aromatic nitrogens is 1. The van der Waals surface area contributed by atoms with Crippen molar-refractivity contribution >= 4 is 27.3 Å². The van der Waals surface area contributed by atoms with Gasteiger partial charge < -0.3 is 4.90 Å². The molecule has 1 spiro atoms. The first-order valence-electron chi connectivity index (χ1n) is 10.5. The Hall–Kier alpha value is -1.92. The van der Waals surface area contributed by atoms with E-state index in [9.17, 15) is 13.2 Å². The number of carbonyl (C=O) groups excluding carboxylic acids is 1. The van der Waals surface area contributed by atoms with Crippen molar-refractivity contribution in [3.05, 3.63) is 64.9 Å². The lowest BCUT2D eigenvalue weighted by atomic mass is 9.73. The van der Waals surface area contributed by atoms with Gasteiger partial charge >= 0.3 is 0 Å². The van der Waals surface area contributed by atoms with Gasteiger partial charge in [-0.2, -0.15) is 0 Å². The van der Waals surface area contributed by atoms with Crippen LogP contribution in [0.3, 0.4) is 0 Å². The third-order valence-corrected chi connectivity index (χ3v) is 9.58. The van der Waals surface area contributed by atoms with E-state index in [-0.39, 0.29) is 30.5 Å².